The molecule has 2 aromatic rings. The summed E-state index contributed by atoms with van der Waals surface area (Å²) in [6, 6.07) is 5.78. The second-order valence-electron chi connectivity index (χ2n) is 6.80. The van der Waals surface area contributed by atoms with Crippen LogP contribution >= 0.6 is 0 Å². The number of methoxy groups -OCH3 is 1. The molecule has 0 spiro atoms. The summed E-state index contributed by atoms with van der Waals surface area (Å²) < 4.78 is 24.1. The van der Waals surface area contributed by atoms with Crippen LogP contribution in [0.15, 0.2) is 36.3 Å². The SMILES string of the molecule is CCOC(=O)C(=Cc1ccc(-n2cnc(C)c2)c(OC)c1)C(CC)C1OCCO1. The molecule has 1 saturated heterocycles. The van der Waals surface area contributed by atoms with Crippen molar-refractivity contribution in [2.75, 3.05) is 26.9 Å². The van der Waals surface area contributed by atoms with Gasteiger partial charge < -0.3 is 23.5 Å². The highest BCUT2D eigenvalue weighted by Gasteiger charge is 2.32. The molecule has 0 N–H and O–H groups in total. The number of ether oxygens (including phenoxy) is 4. The van der Waals surface area contributed by atoms with Crippen LogP contribution in [0.5, 0.6) is 5.75 Å². The third-order valence-corrected chi connectivity index (χ3v) is 4.84. The number of esters is 1. The van der Waals surface area contributed by atoms with Gasteiger partial charge in [0.25, 0.3) is 0 Å². The van der Waals surface area contributed by atoms with Gasteiger partial charge in [0.15, 0.2) is 6.29 Å². The van der Waals surface area contributed by atoms with Crippen molar-refractivity contribution in [1.82, 2.24) is 9.55 Å². The molecule has 1 aromatic heterocycles. The number of imidazole rings is 1. The Morgan fingerprint density at radius 3 is 2.69 bits per heavy atom. The molecule has 3 rings (SSSR count). The van der Waals surface area contributed by atoms with Crippen molar-refractivity contribution in [3.63, 3.8) is 0 Å². The summed E-state index contributed by atoms with van der Waals surface area (Å²) in [5.41, 5.74) is 3.16. The van der Waals surface area contributed by atoms with E-state index in [4.69, 9.17) is 18.9 Å². The van der Waals surface area contributed by atoms with Crippen molar-refractivity contribution < 1.29 is 23.7 Å². The molecular weight excluding hydrogens is 372 g/mol. The Morgan fingerprint density at radius 2 is 2.10 bits per heavy atom. The summed E-state index contributed by atoms with van der Waals surface area (Å²) in [7, 11) is 1.62. The van der Waals surface area contributed by atoms with E-state index in [2.05, 4.69) is 4.98 Å². The maximum Gasteiger partial charge on any atom is 0.334 e. The van der Waals surface area contributed by atoms with Gasteiger partial charge in [-0.25, -0.2) is 9.78 Å². The zero-order valence-corrected chi connectivity index (χ0v) is 17.4. The van der Waals surface area contributed by atoms with Crippen LogP contribution in [-0.2, 0) is 19.0 Å². The number of rotatable bonds is 8. The highest BCUT2D eigenvalue weighted by molar-refractivity contribution is 5.94. The van der Waals surface area contributed by atoms with Crippen LogP contribution in [0.4, 0.5) is 0 Å². The number of carbonyl (C=O) groups excluding carboxylic acids is 1. The third kappa shape index (κ3) is 4.86. The summed E-state index contributed by atoms with van der Waals surface area (Å²) in [6.45, 7) is 7.11. The van der Waals surface area contributed by atoms with Crippen LogP contribution in [-0.4, -0.2) is 48.7 Å². The van der Waals surface area contributed by atoms with E-state index in [9.17, 15) is 4.79 Å². The fourth-order valence-electron chi connectivity index (χ4n) is 3.43. The molecule has 1 atom stereocenters. The Kier molecular flexibility index (Phi) is 7.06. The van der Waals surface area contributed by atoms with Gasteiger partial charge in [-0.3, -0.25) is 0 Å². The van der Waals surface area contributed by atoms with Crippen molar-refractivity contribution in [2.24, 2.45) is 5.92 Å². The molecule has 0 amide bonds. The molecule has 0 aliphatic carbocycles. The van der Waals surface area contributed by atoms with Gasteiger partial charge in [-0.2, -0.15) is 0 Å². The van der Waals surface area contributed by atoms with Gasteiger partial charge in [-0.15, -0.1) is 0 Å². The van der Waals surface area contributed by atoms with Crippen molar-refractivity contribution in [3.8, 4) is 11.4 Å². The van der Waals surface area contributed by atoms with Crippen LogP contribution in [0.3, 0.4) is 0 Å². The van der Waals surface area contributed by atoms with Gasteiger partial charge in [-0.1, -0.05) is 13.0 Å². The number of aromatic nitrogens is 2. The molecule has 1 aliphatic heterocycles. The smallest absolute Gasteiger partial charge is 0.334 e. The van der Waals surface area contributed by atoms with Crippen LogP contribution in [0, 0.1) is 12.8 Å². The number of benzene rings is 1. The largest absolute Gasteiger partial charge is 0.495 e. The van der Waals surface area contributed by atoms with Crippen LogP contribution in [0.1, 0.15) is 31.5 Å². The normalized spacial score (nSPS) is 16.1. The molecule has 0 bridgehead atoms. The third-order valence-electron chi connectivity index (χ3n) is 4.84. The average Bonchev–Trinajstić information content (AvgIpc) is 3.40. The minimum absolute atomic E-state index is 0.210. The lowest BCUT2D eigenvalue weighted by atomic mass is 9.93. The van der Waals surface area contributed by atoms with Crippen molar-refractivity contribution >= 4 is 12.0 Å². The first-order valence-electron chi connectivity index (χ1n) is 9.88. The zero-order chi connectivity index (χ0) is 20.8. The van der Waals surface area contributed by atoms with E-state index < -0.39 is 6.29 Å². The monoisotopic (exact) mass is 400 g/mol. The van der Waals surface area contributed by atoms with Crippen molar-refractivity contribution in [2.45, 2.75) is 33.5 Å². The molecule has 1 aromatic carbocycles. The van der Waals surface area contributed by atoms with Crippen molar-refractivity contribution in [1.29, 1.82) is 0 Å². The van der Waals surface area contributed by atoms with E-state index in [1.54, 1.807) is 20.4 Å². The highest BCUT2D eigenvalue weighted by Crippen LogP contribution is 2.30. The Balaban J connectivity index is 1.98. The first-order valence-corrected chi connectivity index (χ1v) is 9.88. The second-order valence-corrected chi connectivity index (χ2v) is 6.80. The minimum atomic E-state index is -0.439. The number of carbonyl (C=O) groups is 1. The molecule has 0 saturated carbocycles. The Labute approximate surface area is 171 Å². The Hall–Kier alpha value is -2.64. The minimum Gasteiger partial charge on any atom is -0.495 e. The van der Waals surface area contributed by atoms with Gasteiger partial charge in [0.2, 0.25) is 0 Å². The first kappa shape index (κ1) is 21.1. The maximum atomic E-state index is 12.7. The zero-order valence-electron chi connectivity index (χ0n) is 17.4. The van der Waals surface area contributed by atoms with Crippen molar-refractivity contribution in [3.05, 3.63) is 47.6 Å². The van der Waals surface area contributed by atoms with Gasteiger partial charge in [-0.05, 0) is 44.0 Å². The molecule has 7 heteroatoms. The Bertz CT molecular complexity index is 868. The van der Waals surface area contributed by atoms with E-state index in [0.717, 1.165) is 16.9 Å². The summed E-state index contributed by atoms with van der Waals surface area (Å²) in [5, 5.41) is 0. The lowest BCUT2D eigenvalue weighted by Gasteiger charge is -2.23. The lowest BCUT2D eigenvalue weighted by Crippen LogP contribution is -2.27. The molecule has 1 unspecified atom stereocenters. The highest BCUT2D eigenvalue weighted by atomic mass is 16.7. The fraction of sp³-hybridized carbons (Fsp3) is 0.455. The van der Waals surface area contributed by atoms with E-state index in [1.807, 2.05) is 48.9 Å². The molecule has 2 heterocycles. The van der Waals surface area contributed by atoms with E-state index >= 15 is 0 Å². The average molecular weight is 400 g/mol. The quantitative estimate of drug-likeness (QED) is 0.499. The standard InChI is InChI=1S/C22H28N2O5/c1-5-17(22-28-9-10-29-22)18(21(25)27-6-2)11-16-7-8-19(20(12-16)26-4)24-13-15(3)23-14-24/h7-8,11-14,17,22H,5-6,9-10H2,1-4H3. The molecule has 1 aliphatic rings. The molecule has 7 nitrogen and oxygen atoms in total. The predicted molar refractivity (Wildman–Crippen MR) is 109 cm³/mol. The predicted octanol–water partition coefficient (Wildman–Crippen LogP) is 3.53. The maximum absolute atomic E-state index is 12.7. The first-order chi connectivity index (χ1) is 14.1. The summed E-state index contributed by atoms with van der Waals surface area (Å²) in [6.07, 6.45) is 5.76. The van der Waals surface area contributed by atoms with Crippen LogP contribution in [0.25, 0.3) is 11.8 Å². The van der Waals surface area contributed by atoms with Crippen LogP contribution < -0.4 is 4.74 Å². The Morgan fingerprint density at radius 1 is 1.34 bits per heavy atom. The molecule has 0 radical (unpaired) electrons. The van der Waals surface area contributed by atoms with Gasteiger partial charge >= 0.3 is 5.97 Å². The van der Waals surface area contributed by atoms with Gasteiger partial charge in [0.05, 0.1) is 44.6 Å². The lowest BCUT2D eigenvalue weighted by molar-refractivity contribution is -0.141. The number of aryl methyl sites for hydroxylation is 1. The number of hydrogen-bond acceptors (Lipinski definition) is 6. The summed E-state index contributed by atoms with van der Waals surface area (Å²) >= 11 is 0. The summed E-state index contributed by atoms with van der Waals surface area (Å²) in [4.78, 5) is 17.0. The van der Waals surface area contributed by atoms with Gasteiger partial charge in [0, 0.05) is 17.7 Å². The topological polar surface area (TPSA) is 71.8 Å². The molecule has 29 heavy (non-hydrogen) atoms. The fourth-order valence-corrected chi connectivity index (χ4v) is 3.43. The molecule has 156 valence electrons. The van der Waals surface area contributed by atoms with Crippen LogP contribution in [0.2, 0.25) is 0 Å². The van der Waals surface area contributed by atoms with Gasteiger partial charge in [0.1, 0.15) is 5.75 Å². The van der Waals surface area contributed by atoms with E-state index in [-0.39, 0.29) is 11.9 Å². The van der Waals surface area contributed by atoms with E-state index in [0.29, 0.717) is 37.6 Å². The molecular formula is C22H28N2O5. The summed E-state index contributed by atoms with van der Waals surface area (Å²) in [5.74, 6) is 0.117. The number of nitrogens with zero attached hydrogens (tertiary/aromatic N) is 2. The molecule has 1 fully saturated rings. The van der Waals surface area contributed by atoms with E-state index in [1.165, 1.54) is 0 Å². The second kappa shape index (κ2) is 9.71. The number of hydrogen-bond donors (Lipinski definition) is 0.